The van der Waals surface area contributed by atoms with Crippen molar-refractivity contribution in [1.29, 1.82) is 0 Å². The Labute approximate surface area is 159 Å². The van der Waals surface area contributed by atoms with Crippen LogP contribution >= 0.6 is 12.2 Å². The van der Waals surface area contributed by atoms with Gasteiger partial charge in [0.25, 0.3) is 0 Å². The zero-order valence-electron chi connectivity index (χ0n) is 15.6. The summed E-state index contributed by atoms with van der Waals surface area (Å²) in [6, 6.07) is 5.95. The van der Waals surface area contributed by atoms with Crippen molar-refractivity contribution in [2.75, 3.05) is 18.4 Å². The van der Waals surface area contributed by atoms with Crippen LogP contribution in [0.3, 0.4) is 0 Å². The van der Waals surface area contributed by atoms with Gasteiger partial charge < -0.3 is 9.88 Å². The number of piperidine rings is 1. The molecule has 0 saturated carbocycles. The largest absolute Gasteiger partial charge is 0.310 e. The SMILES string of the molecule is Cc1cccc(NC(=O)C2CCN(Cn3ncn(C(C)C)c3=S)CC2)n1. The van der Waals surface area contributed by atoms with Crippen molar-refractivity contribution in [2.45, 2.75) is 46.3 Å². The highest BCUT2D eigenvalue weighted by Crippen LogP contribution is 2.20. The lowest BCUT2D eigenvalue weighted by Crippen LogP contribution is -2.39. The topological polar surface area (TPSA) is 68.0 Å². The fraction of sp³-hybridized carbons (Fsp3) is 0.556. The Bertz CT molecular complexity index is 819. The lowest BCUT2D eigenvalue weighted by atomic mass is 9.96. The third-order valence-corrected chi connectivity index (χ3v) is 5.17. The predicted molar refractivity (Wildman–Crippen MR) is 103 cm³/mol. The molecule has 0 atom stereocenters. The normalized spacial score (nSPS) is 16.2. The zero-order valence-corrected chi connectivity index (χ0v) is 16.4. The van der Waals surface area contributed by atoms with E-state index in [1.165, 1.54) is 0 Å². The summed E-state index contributed by atoms with van der Waals surface area (Å²) in [5, 5.41) is 7.33. The van der Waals surface area contributed by atoms with Gasteiger partial charge in [-0.2, -0.15) is 5.10 Å². The Morgan fingerprint density at radius 2 is 2.08 bits per heavy atom. The minimum Gasteiger partial charge on any atom is -0.310 e. The molecule has 1 N–H and O–H groups in total. The van der Waals surface area contributed by atoms with Gasteiger partial charge in [-0.05, 0) is 58.0 Å². The van der Waals surface area contributed by atoms with Crippen LogP contribution < -0.4 is 5.32 Å². The van der Waals surface area contributed by atoms with Gasteiger partial charge in [-0.1, -0.05) is 6.07 Å². The van der Waals surface area contributed by atoms with E-state index in [9.17, 15) is 4.79 Å². The van der Waals surface area contributed by atoms with E-state index in [4.69, 9.17) is 12.2 Å². The summed E-state index contributed by atoms with van der Waals surface area (Å²) in [5.74, 6) is 0.709. The lowest BCUT2D eigenvalue weighted by Gasteiger charge is -2.30. The van der Waals surface area contributed by atoms with Crippen molar-refractivity contribution < 1.29 is 4.79 Å². The van der Waals surface area contributed by atoms with E-state index in [-0.39, 0.29) is 11.8 Å². The van der Waals surface area contributed by atoms with E-state index in [0.29, 0.717) is 18.5 Å². The molecule has 0 unspecified atom stereocenters. The van der Waals surface area contributed by atoms with Crippen molar-refractivity contribution in [3.8, 4) is 0 Å². The molecule has 1 aliphatic rings. The zero-order chi connectivity index (χ0) is 18.7. The van der Waals surface area contributed by atoms with Crippen molar-refractivity contribution in [1.82, 2.24) is 24.2 Å². The maximum absolute atomic E-state index is 12.5. The second-order valence-electron chi connectivity index (χ2n) is 7.10. The summed E-state index contributed by atoms with van der Waals surface area (Å²) >= 11 is 5.48. The highest BCUT2D eigenvalue weighted by atomic mass is 32.1. The molecule has 3 heterocycles. The van der Waals surface area contributed by atoms with Crippen LogP contribution in [0.1, 0.15) is 38.4 Å². The standard InChI is InChI=1S/C18H26N6OS/c1-13(2)23-11-19-24(18(23)26)12-22-9-7-15(8-10-22)17(25)21-16-6-4-5-14(3)20-16/h4-6,11,13,15H,7-10,12H2,1-3H3,(H,20,21,25). The number of hydrogen-bond donors (Lipinski definition) is 1. The first-order valence-electron chi connectivity index (χ1n) is 9.05. The molecule has 3 rings (SSSR count). The van der Waals surface area contributed by atoms with E-state index in [2.05, 4.69) is 34.1 Å². The molecule has 0 aliphatic carbocycles. The monoisotopic (exact) mass is 374 g/mol. The number of aryl methyl sites for hydroxylation is 1. The van der Waals surface area contributed by atoms with Crippen molar-refractivity contribution in [3.63, 3.8) is 0 Å². The molecule has 0 radical (unpaired) electrons. The molecular formula is C18H26N6OS. The van der Waals surface area contributed by atoms with Gasteiger partial charge in [-0.3, -0.25) is 9.69 Å². The third kappa shape index (κ3) is 4.37. The number of pyridine rings is 1. The van der Waals surface area contributed by atoms with Crippen LogP contribution in [0, 0.1) is 17.6 Å². The van der Waals surface area contributed by atoms with Gasteiger partial charge >= 0.3 is 0 Å². The summed E-state index contributed by atoms with van der Waals surface area (Å²) in [4.78, 5) is 19.1. The fourth-order valence-corrected chi connectivity index (χ4v) is 3.53. The van der Waals surface area contributed by atoms with Gasteiger partial charge in [-0.25, -0.2) is 9.67 Å². The quantitative estimate of drug-likeness (QED) is 0.815. The molecular weight excluding hydrogens is 348 g/mol. The Morgan fingerprint density at radius 3 is 2.69 bits per heavy atom. The average Bonchev–Trinajstić information content (AvgIpc) is 2.96. The average molecular weight is 375 g/mol. The minimum atomic E-state index is 0.0229. The van der Waals surface area contributed by atoms with Crippen LogP contribution in [0.5, 0.6) is 0 Å². The summed E-state index contributed by atoms with van der Waals surface area (Å²) < 4.78 is 4.59. The predicted octanol–water partition coefficient (Wildman–Crippen LogP) is 3.01. The van der Waals surface area contributed by atoms with E-state index in [1.807, 2.05) is 34.4 Å². The number of nitrogens with one attached hydrogen (secondary N) is 1. The van der Waals surface area contributed by atoms with Gasteiger partial charge in [0, 0.05) is 30.7 Å². The van der Waals surface area contributed by atoms with Crippen molar-refractivity contribution in [3.05, 3.63) is 35.0 Å². The van der Waals surface area contributed by atoms with E-state index in [1.54, 1.807) is 6.33 Å². The highest BCUT2D eigenvalue weighted by Gasteiger charge is 2.25. The van der Waals surface area contributed by atoms with Gasteiger partial charge in [0.1, 0.15) is 12.1 Å². The number of likely N-dealkylation sites (tertiary alicyclic amines) is 1. The van der Waals surface area contributed by atoms with E-state index in [0.717, 1.165) is 36.4 Å². The number of aromatic nitrogens is 4. The molecule has 1 fully saturated rings. The first-order valence-corrected chi connectivity index (χ1v) is 9.45. The molecule has 140 valence electrons. The number of carbonyl (C=O) groups excluding carboxylic acids is 1. The second kappa shape index (κ2) is 8.09. The first kappa shape index (κ1) is 18.7. The maximum atomic E-state index is 12.5. The Kier molecular flexibility index (Phi) is 5.83. The van der Waals surface area contributed by atoms with Crippen LogP contribution in [-0.2, 0) is 11.5 Å². The molecule has 2 aromatic rings. The maximum Gasteiger partial charge on any atom is 0.228 e. The van der Waals surface area contributed by atoms with Crippen molar-refractivity contribution >= 4 is 23.9 Å². The minimum absolute atomic E-state index is 0.0229. The summed E-state index contributed by atoms with van der Waals surface area (Å²) in [6.45, 7) is 8.49. The fourth-order valence-electron chi connectivity index (χ4n) is 3.17. The van der Waals surface area contributed by atoms with Gasteiger partial charge in [-0.15, -0.1) is 0 Å². The summed E-state index contributed by atoms with van der Waals surface area (Å²) in [7, 11) is 0. The van der Waals surface area contributed by atoms with Gasteiger partial charge in [0.05, 0.1) is 6.67 Å². The van der Waals surface area contributed by atoms with Gasteiger partial charge in [0.2, 0.25) is 5.91 Å². The first-order chi connectivity index (χ1) is 12.4. The number of hydrogen-bond acceptors (Lipinski definition) is 5. The molecule has 1 saturated heterocycles. The van der Waals surface area contributed by atoms with Gasteiger partial charge in [0.15, 0.2) is 4.77 Å². The second-order valence-corrected chi connectivity index (χ2v) is 7.47. The molecule has 26 heavy (non-hydrogen) atoms. The Hall–Kier alpha value is -2.06. The third-order valence-electron chi connectivity index (χ3n) is 4.75. The Balaban J connectivity index is 1.52. The molecule has 0 spiro atoms. The number of anilines is 1. The lowest BCUT2D eigenvalue weighted by molar-refractivity contribution is -0.121. The van der Waals surface area contributed by atoms with Crippen LogP contribution in [0.25, 0.3) is 0 Å². The molecule has 1 aliphatic heterocycles. The van der Waals surface area contributed by atoms with E-state index >= 15 is 0 Å². The number of carbonyl (C=O) groups is 1. The Morgan fingerprint density at radius 1 is 1.35 bits per heavy atom. The molecule has 8 heteroatoms. The number of rotatable bonds is 5. The van der Waals surface area contributed by atoms with E-state index < -0.39 is 0 Å². The van der Waals surface area contributed by atoms with Crippen LogP contribution in [0.2, 0.25) is 0 Å². The molecule has 1 amide bonds. The highest BCUT2D eigenvalue weighted by molar-refractivity contribution is 7.71. The van der Waals surface area contributed by atoms with Crippen LogP contribution in [0.15, 0.2) is 24.5 Å². The van der Waals surface area contributed by atoms with Crippen LogP contribution in [-0.4, -0.2) is 43.2 Å². The smallest absolute Gasteiger partial charge is 0.228 e. The molecule has 7 nitrogen and oxygen atoms in total. The number of amides is 1. The molecule has 2 aromatic heterocycles. The molecule has 0 bridgehead atoms. The summed E-state index contributed by atoms with van der Waals surface area (Å²) in [5.41, 5.74) is 0.898. The molecule has 0 aromatic carbocycles. The van der Waals surface area contributed by atoms with Crippen LogP contribution in [0.4, 0.5) is 5.82 Å². The number of nitrogens with zero attached hydrogens (tertiary/aromatic N) is 5. The summed E-state index contributed by atoms with van der Waals surface area (Å²) in [6.07, 6.45) is 3.45. The van der Waals surface area contributed by atoms with Crippen molar-refractivity contribution in [2.24, 2.45) is 5.92 Å².